The van der Waals surface area contributed by atoms with Crippen molar-refractivity contribution in [3.05, 3.63) is 95.8 Å². The van der Waals surface area contributed by atoms with Crippen LogP contribution >= 0.6 is 0 Å². The van der Waals surface area contributed by atoms with Gasteiger partial charge in [-0.1, -0.05) is 24.3 Å². The van der Waals surface area contributed by atoms with Crippen molar-refractivity contribution in [1.29, 1.82) is 0 Å². The number of hydrogen-bond donors (Lipinski definition) is 3. The van der Waals surface area contributed by atoms with Crippen molar-refractivity contribution in [2.75, 3.05) is 35.0 Å². The molecule has 1 amide bonds. The maximum Gasteiger partial charge on any atom is 0.251 e. The number of ether oxygens (including phenoxy) is 6. The fraction of sp³-hybridized carbons (Fsp3) is 0.342. The van der Waals surface area contributed by atoms with Gasteiger partial charge < -0.3 is 44.0 Å². The minimum atomic E-state index is -1.42. The maximum atomic E-state index is 14.5. The van der Waals surface area contributed by atoms with Crippen LogP contribution in [0.5, 0.6) is 23.0 Å². The van der Waals surface area contributed by atoms with Gasteiger partial charge in [0.15, 0.2) is 0 Å². The van der Waals surface area contributed by atoms with Crippen LogP contribution in [0.3, 0.4) is 0 Å². The van der Waals surface area contributed by atoms with E-state index < -0.39 is 36.0 Å². The van der Waals surface area contributed by atoms with E-state index in [0.29, 0.717) is 45.9 Å². The van der Waals surface area contributed by atoms with Crippen molar-refractivity contribution in [3.63, 3.8) is 0 Å². The second kappa shape index (κ2) is 15.3. The lowest BCUT2D eigenvalue weighted by Crippen LogP contribution is -2.63. The fourth-order valence-electron chi connectivity index (χ4n) is 6.15. The molecular formula is C38H42FNO9. The Hall–Kier alpha value is -4.68. The second-order valence-electron chi connectivity index (χ2n) is 12.2. The van der Waals surface area contributed by atoms with E-state index in [2.05, 4.69) is 5.32 Å². The standard InChI is InChI=1S/C38H42FNO9/c1-38(2)35(47-6)33(41)34(42)37(49-38)48-27-20-29(22-9-7-11-25(39)17-22)28(32(21-27)46-5)15-16-40-36(43)24-13-14-31(45-4)30(19-24)23-10-8-12-26(18-23)44-3/h7-14,17-21,33-35,37,41-42H,15-16H2,1-6H3,(H,40,43)/t33-,34+,35+,37+/m0/s1. The molecule has 0 saturated carbocycles. The zero-order valence-electron chi connectivity index (χ0n) is 28.4. The van der Waals surface area contributed by atoms with Crippen LogP contribution in [0.4, 0.5) is 4.39 Å². The average Bonchev–Trinajstić information content (AvgIpc) is 3.10. The smallest absolute Gasteiger partial charge is 0.251 e. The van der Waals surface area contributed by atoms with Gasteiger partial charge in [-0.25, -0.2) is 4.39 Å². The second-order valence-corrected chi connectivity index (χ2v) is 12.2. The van der Waals surface area contributed by atoms with E-state index in [4.69, 9.17) is 28.4 Å². The Bertz CT molecular complexity index is 1780. The summed E-state index contributed by atoms with van der Waals surface area (Å²) < 4.78 is 48.6. The van der Waals surface area contributed by atoms with Gasteiger partial charge in [0.25, 0.3) is 5.91 Å². The zero-order chi connectivity index (χ0) is 35.3. The number of aliphatic hydroxyl groups is 2. The quantitative estimate of drug-likeness (QED) is 0.181. The van der Waals surface area contributed by atoms with E-state index in [1.807, 2.05) is 24.3 Å². The first kappa shape index (κ1) is 35.6. The molecule has 3 N–H and O–H groups in total. The molecule has 0 aromatic heterocycles. The molecule has 1 fully saturated rings. The highest BCUT2D eigenvalue weighted by Crippen LogP contribution is 2.39. The Kier molecular flexibility index (Phi) is 11.1. The minimum absolute atomic E-state index is 0.224. The predicted molar refractivity (Wildman–Crippen MR) is 182 cm³/mol. The topological polar surface area (TPSA) is 125 Å². The predicted octanol–water partition coefficient (Wildman–Crippen LogP) is 5.41. The normalized spacial score (nSPS) is 19.9. The van der Waals surface area contributed by atoms with Gasteiger partial charge in [-0.05, 0) is 85.5 Å². The summed E-state index contributed by atoms with van der Waals surface area (Å²) in [6, 6.07) is 22.1. The summed E-state index contributed by atoms with van der Waals surface area (Å²) in [6.07, 6.45) is -4.40. The first-order valence-corrected chi connectivity index (χ1v) is 15.8. The van der Waals surface area contributed by atoms with Crippen LogP contribution in [0.15, 0.2) is 78.9 Å². The molecule has 0 radical (unpaired) electrons. The molecule has 1 saturated heterocycles. The minimum Gasteiger partial charge on any atom is -0.497 e. The van der Waals surface area contributed by atoms with Crippen LogP contribution in [-0.2, 0) is 15.9 Å². The van der Waals surface area contributed by atoms with Crippen molar-refractivity contribution < 1.29 is 47.8 Å². The molecule has 4 aromatic carbocycles. The molecule has 4 aromatic rings. The van der Waals surface area contributed by atoms with Gasteiger partial charge in [0.2, 0.25) is 6.29 Å². The number of carbonyl (C=O) groups is 1. The zero-order valence-corrected chi connectivity index (χ0v) is 28.4. The molecule has 0 bridgehead atoms. The summed E-state index contributed by atoms with van der Waals surface area (Å²) in [5.74, 6) is 1.23. The van der Waals surface area contributed by atoms with E-state index in [1.165, 1.54) is 26.4 Å². The highest BCUT2D eigenvalue weighted by atomic mass is 19.1. The third-order valence-corrected chi connectivity index (χ3v) is 8.59. The molecule has 260 valence electrons. The van der Waals surface area contributed by atoms with Gasteiger partial charge in [-0.3, -0.25) is 4.79 Å². The summed E-state index contributed by atoms with van der Waals surface area (Å²) in [5, 5.41) is 24.5. The molecule has 0 spiro atoms. The lowest BCUT2D eigenvalue weighted by Gasteiger charge is -2.46. The molecule has 1 heterocycles. The SMILES string of the molecule is COc1cccc(-c2cc(C(=O)NCCc3c(OC)cc(O[C@@H]4OC(C)(C)[C@H](OC)[C@@H](O)[C@H]4O)cc3-c3cccc(F)c3)ccc2OC)c1. The van der Waals surface area contributed by atoms with Crippen molar-refractivity contribution in [1.82, 2.24) is 5.32 Å². The van der Waals surface area contributed by atoms with E-state index in [-0.39, 0.29) is 18.2 Å². The number of methoxy groups -OCH3 is 4. The lowest BCUT2D eigenvalue weighted by atomic mass is 9.89. The van der Waals surface area contributed by atoms with Crippen LogP contribution < -0.4 is 24.3 Å². The Balaban J connectivity index is 1.40. The molecule has 49 heavy (non-hydrogen) atoms. The van der Waals surface area contributed by atoms with Gasteiger partial charge in [-0.2, -0.15) is 0 Å². The molecule has 0 aliphatic carbocycles. The van der Waals surface area contributed by atoms with Crippen LogP contribution in [0.1, 0.15) is 29.8 Å². The average molecular weight is 676 g/mol. The Labute approximate surface area is 285 Å². The molecule has 4 atom stereocenters. The molecule has 1 aliphatic rings. The molecule has 0 unspecified atom stereocenters. The molecule has 5 rings (SSSR count). The van der Waals surface area contributed by atoms with Crippen molar-refractivity contribution >= 4 is 5.91 Å². The van der Waals surface area contributed by atoms with Crippen molar-refractivity contribution in [2.45, 2.75) is 50.5 Å². The number of hydrogen-bond acceptors (Lipinski definition) is 9. The first-order valence-electron chi connectivity index (χ1n) is 15.8. The highest BCUT2D eigenvalue weighted by molar-refractivity contribution is 5.96. The molecule has 10 nitrogen and oxygen atoms in total. The third kappa shape index (κ3) is 7.81. The van der Waals surface area contributed by atoms with Gasteiger partial charge in [-0.15, -0.1) is 0 Å². The first-order chi connectivity index (χ1) is 23.5. The lowest BCUT2D eigenvalue weighted by molar-refractivity contribution is -0.305. The highest BCUT2D eigenvalue weighted by Gasteiger charge is 2.50. The number of rotatable bonds is 12. The van der Waals surface area contributed by atoms with E-state index in [1.54, 1.807) is 70.5 Å². The summed E-state index contributed by atoms with van der Waals surface area (Å²) >= 11 is 0. The Morgan fingerprint density at radius 1 is 0.816 bits per heavy atom. The van der Waals surface area contributed by atoms with Crippen LogP contribution in [-0.4, -0.2) is 81.3 Å². The van der Waals surface area contributed by atoms with Crippen molar-refractivity contribution in [2.24, 2.45) is 0 Å². The number of nitrogens with one attached hydrogen (secondary N) is 1. The monoisotopic (exact) mass is 675 g/mol. The molecular weight excluding hydrogens is 633 g/mol. The number of benzene rings is 4. The summed E-state index contributed by atoms with van der Waals surface area (Å²) in [6.45, 7) is 3.68. The third-order valence-electron chi connectivity index (χ3n) is 8.59. The maximum absolute atomic E-state index is 14.5. The number of amides is 1. The Morgan fingerprint density at radius 3 is 2.20 bits per heavy atom. The largest absolute Gasteiger partial charge is 0.497 e. The van der Waals surface area contributed by atoms with Gasteiger partial charge in [0.05, 0.1) is 26.9 Å². The van der Waals surface area contributed by atoms with Crippen LogP contribution in [0.2, 0.25) is 0 Å². The fourth-order valence-corrected chi connectivity index (χ4v) is 6.15. The van der Waals surface area contributed by atoms with Crippen LogP contribution in [0.25, 0.3) is 22.3 Å². The number of carbonyl (C=O) groups excluding carboxylic acids is 1. The number of halogens is 1. The molecule has 11 heteroatoms. The van der Waals surface area contributed by atoms with Gasteiger partial charge >= 0.3 is 0 Å². The van der Waals surface area contributed by atoms with Gasteiger partial charge in [0, 0.05) is 36.4 Å². The number of aliphatic hydroxyl groups excluding tert-OH is 2. The van der Waals surface area contributed by atoms with E-state index in [9.17, 15) is 19.4 Å². The van der Waals surface area contributed by atoms with E-state index in [0.717, 1.165) is 11.1 Å². The molecule has 1 aliphatic heterocycles. The van der Waals surface area contributed by atoms with Crippen LogP contribution in [0, 0.1) is 5.82 Å². The van der Waals surface area contributed by atoms with Crippen molar-refractivity contribution in [3.8, 4) is 45.3 Å². The van der Waals surface area contributed by atoms with Gasteiger partial charge in [0.1, 0.15) is 47.1 Å². The summed E-state index contributed by atoms with van der Waals surface area (Å²) in [7, 11) is 6.09. The summed E-state index contributed by atoms with van der Waals surface area (Å²) in [5.41, 5.74) is 2.86. The summed E-state index contributed by atoms with van der Waals surface area (Å²) in [4.78, 5) is 13.4. The van der Waals surface area contributed by atoms with E-state index >= 15 is 0 Å². The Morgan fingerprint density at radius 2 is 1.53 bits per heavy atom.